The van der Waals surface area contributed by atoms with Gasteiger partial charge in [0.2, 0.25) is 0 Å². The number of hydrogen-bond acceptors (Lipinski definition) is 5. The summed E-state index contributed by atoms with van der Waals surface area (Å²) in [6.07, 6.45) is -1.75. The number of nitrogens with two attached hydrogens (primary N) is 1. The van der Waals surface area contributed by atoms with Crippen molar-refractivity contribution in [1.29, 1.82) is 0 Å². The molecular formula is C3H10NNaO5S. The van der Waals surface area contributed by atoms with Crippen LogP contribution in [0.4, 0.5) is 0 Å². The van der Waals surface area contributed by atoms with Gasteiger partial charge in [-0.15, -0.1) is 0 Å². The fourth-order valence-electron chi connectivity index (χ4n) is 0.270. The third-order valence-corrected chi connectivity index (χ3v) is 1.12. The molecule has 0 aliphatic rings. The van der Waals surface area contributed by atoms with Crippen molar-refractivity contribution in [3.63, 3.8) is 0 Å². The van der Waals surface area contributed by atoms with Gasteiger partial charge in [-0.3, -0.25) is 4.18 Å². The molecule has 0 spiro atoms. The average Bonchev–Trinajstić information content (AvgIpc) is 1.59. The zero-order valence-corrected chi connectivity index (χ0v) is 5.91. The van der Waals surface area contributed by atoms with Crippen molar-refractivity contribution in [2.24, 2.45) is 5.14 Å². The van der Waals surface area contributed by atoms with Crippen molar-refractivity contribution in [2.75, 3.05) is 6.61 Å². The molecule has 0 unspecified atom stereocenters. The van der Waals surface area contributed by atoms with Crippen LogP contribution in [0.15, 0.2) is 0 Å². The minimum absolute atomic E-state index is 0. The molecule has 0 aliphatic carbocycles. The van der Waals surface area contributed by atoms with Gasteiger partial charge in [0.1, 0.15) is 0 Å². The monoisotopic (exact) mass is 195 g/mol. The van der Waals surface area contributed by atoms with Crippen LogP contribution in [0.2, 0.25) is 0 Å². The fourth-order valence-corrected chi connectivity index (χ4v) is 0.598. The summed E-state index contributed by atoms with van der Waals surface area (Å²) < 4.78 is 24.0. The Bertz CT molecular complexity index is 178. The Morgan fingerprint density at radius 1 is 1.45 bits per heavy atom. The summed E-state index contributed by atoms with van der Waals surface area (Å²) >= 11 is 0. The van der Waals surface area contributed by atoms with Crippen LogP contribution in [0.5, 0.6) is 0 Å². The molecule has 0 atom stereocenters. The van der Waals surface area contributed by atoms with Gasteiger partial charge in [0.05, 0.1) is 6.61 Å². The van der Waals surface area contributed by atoms with Crippen LogP contribution in [0.3, 0.4) is 0 Å². The molecule has 8 heteroatoms. The molecule has 0 saturated heterocycles. The van der Waals surface area contributed by atoms with Crippen molar-refractivity contribution < 1.29 is 22.8 Å². The molecule has 0 heterocycles. The molecule has 0 aromatic heterocycles. The second kappa shape index (κ2) is 6.32. The van der Waals surface area contributed by atoms with Crippen LogP contribution in [-0.2, 0) is 14.5 Å². The molecule has 0 amide bonds. The SMILES string of the molecule is NS(=O)(=O)OCCC(O)O.[NaH]. The van der Waals surface area contributed by atoms with Crippen molar-refractivity contribution in [1.82, 2.24) is 0 Å². The van der Waals surface area contributed by atoms with Crippen LogP contribution in [0.25, 0.3) is 0 Å². The van der Waals surface area contributed by atoms with E-state index in [2.05, 4.69) is 9.32 Å². The molecule has 0 saturated carbocycles. The Morgan fingerprint density at radius 3 is 2.18 bits per heavy atom. The molecule has 0 rings (SSSR count). The summed E-state index contributed by atoms with van der Waals surface area (Å²) in [5.74, 6) is 0. The van der Waals surface area contributed by atoms with Gasteiger partial charge >= 0.3 is 39.9 Å². The Balaban J connectivity index is 0. The van der Waals surface area contributed by atoms with Crippen molar-refractivity contribution >= 4 is 39.9 Å². The quantitative estimate of drug-likeness (QED) is 0.333. The maximum atomic E-state index is 10.0. The van der Waals surface area contributed by atoms with E-state index in [0.717, 1.165) is 0 Å². The zero-order chi connectivity index (χ0) is 8.20. The van der Waals surface area contributed by atoms with Crippen LogP contribution in [0.1, 0.15) is 6.42 Å². The Kier molecular flexibility index (Phi) is 8.23. The van der Waals surface area contributed by atoms with E-state index in [4.69, 9.17) is 10.2 Å². The van der Waals surface area contributed by atoms with Crippen molar-refractivity contribution in [3.05, 3.63) is 0 Å². The summed E-state index contributed by atoms with van der Waals surface area (Å²) in [6.45, 7) is -0.323. The van der Waals surface area contributed by atoms with Gasteiger partial charge in [-0.05, 0) is 0 Å². The molecule has 0 radical (unpaired) electrons. The number of aliphatic hydroxyl groups excluding tert-OH is 1. The number of aliphatic hydroxyl groups is 2. The van der Waals surface area contributed by atoms with Crippen LogP contribution in [0, 0.1) is 0 Å². The first kappa shape index (κ1) is 14.3. The molecule has 0 aliphatic heterocycles. The van der Waals surface area contributed by atoms with E-state index >= 15 is 0 Å². The molecule has 4 N–H and O–H groups in total. The summed E-state index contributed by atoms with van der Waals surface area (Å²) in [6, 6.07) is 0. The van der Waals surface area contributed by atoms with Gasteiger partial charge in [0.25, 0.3) is 0 Å². The van der Waals surface area contributed by atoms with Gasteiger partial charge in [-0.1, -0.05) is 0 Å². The summed E-state index contributed by atoms with van der Waals surface area (Å²) in [4.78, 5) is 0. The predicted octanol–water partition coefficient (Wildman–Crippen LogP) is -2.74. The second-order valence-corrected chi connectivity index (χ2v) is 2.81. The standard InChI is InChI=1S/C3H9NO5S.Na.H/c4-10(7,8)9-2-1-3(5)6;;/h3,5-6H,1-2H2,(H2,4,7,8);;. The number of hydrogen-bond donors (Lipinski definition) is 3. The average molecular weight is 195 g/mol. The van der Waals surface area contributed by atoms with E-state index in [1.807, 2.05) is 0 Å². The van der Waals surface area contributed by atoms with Crippen LogP contribution < -0.4 is 5.14 Å². The van der Waals surface area contributed by atoms with Crippen molar-refractivity contribution in [3.8, 4) is 0 Å². The molecule has 0 aromatic rings. The van der Waals surface area contributed by atoms with E-state index in [9.17, 15) is 8.42 Å². The zero-order valence-electron chi connectivity index (χ0n) is 5.10. The van der Waals surface area contributed by atoms with E-state index in [1.165, 1.54) is 0 Å². The molecule has 0 bridgehead atoms. The van der Waals surface area contributed by atoms with Gasteiger partial charge in [0, 0.05) is 6.42 Å². The first-order valence-electron chi connectivity index (χ1n) is 2.45. The normalized spacial score (nSPS) is 11.3. The van der Waals surface area contributed by atoms with Gasteiger partial charge in [-0.25, -0.2) is 5.14 Å². The maximum absolute atomic E-state index is 10.0. The Morgan fingerprint density at radius 2 is 1.91 bits per heavy atom. The molecule has 6 nitrogen and oxygen atoms in total. The second-order valence-electron chi connectivity index (χ2n) is 1.58. The minimum atomic E-state index is -3.94. The van der Waals surface area contributed by atoms with Gasteiger partial charge < -0.3 is 10.2 Å². The first-order chi connectivity index (χ1) is 4.42. The predicted molar refractivity (Wildman–Crippen MR) is 39.1 cm³/mol. The van der Waals surface area contributed by atoms with Gasteiger partial charge in [-0.2, -0.15) is 8.42 Å². The fraction of sp³-hybridized carbons (Fsp3) is 1.00. The van der Waals surface area contributed by atoms with E-state index in [0.29, 0.717) is 0 Å². The van der Waals surface area contributed by atoms with E-state index in [1.54, 1.807) is 0 Å². The molecular weight excluding hydrogens is 185 g/mol. The summed E-state index contributed by atoms with van der Waals surface area (Å²) in [5, 5.41) is 20.8. The molecule has 0 fully saturated rings. The first-order valence-corrected chi connectivity index (χ1v) is 3.92. The van der Waals surface area contributed by atoms with Crippen molar-refractivity contribution in [2.45, 2.75) is 12.7 Å². The van der Waals surface area contributed by atoms with E-state index in [-0.39, 0.29) is 42.6 Å². The van der Waals surface area contributed by atoms with Gasteiger partial charge in [0.15, 0.2) is 6.29 Å². The molecule has 11 heavy (non-hydrogen) atoms. The van der Waals surface area contributed by atoms with E-state index < -0.39 is 16.6 Å². The Labute approximate surface area is 86.9 Å². The molecule has 0 aromatic carbocycles. The topological polar surface area (TPSA) is 110 Å². The van der Waals surface area contributed by atoms with Crippen LogP contribution in [-0.4, -0.2) is 61.1 Å². The number of rotatable bonds is 4. The summed E-state index contributed by atoms with van der Waals surface area (Å²) in [5.41, 5.74) is 0. The molecule has 64 valence electrons. The van der Waals surface area contributed by atoms with Crippen LogP contribution >= 0.6 is 0 Å². The summed E-state index contributed by atoms with van der Waals surface area (Å²) in [7, 11) is -3.94. The third kappa shape index (κ3) is 13.7. The third-order valence-electron chi connectivity index (χ3n) is 0.624. The Hall–Kier alpha value is 0.790.